The Hall–Kier alpha value is -3.73. The van der Waals surface area contributed by atoms with Crippen molar-refractivity contribution in [3.8, 4) is 0 Å². The molecule has 0 amide bonds. The number of benzene rings is 1. The number of carboxylic acids is 1. The Balaban J connectivity index is 1.67. The SMILES string of the molecule is Cn1c(=O)n(CC(=O)c2ccccc2)c(=O)c2c1nc(N1CCC3CNCC31)n2CC(=O)O. The highest BCUT2D eigenvalue weighted by Gasteiger charge is 2.40. The number of carbonyl (C=O) groups is 2. The van der Waals surface area contributed by atoms with Crippen LogP contribution in [0.4, 0.5) is 5.95 Å². The van der Waals surface area contributed by atoms with Crippen molar-refractivity contribution in [2.75, 3.05) is 24.5 Å². The van der Waals surface area contributed by atoms with Crippen LogP contribution in [0.1, 0.15) is 16.8 Å². The fourth-order valence-corrected chi connectivity index (χ4v) is 4.96. The van der Waals surface area contributed by atoms with E-state index in [4.69, 9.17) is 0 Å². The number of aromatic nitrogens is 4. The topological polar surface area (TPSA) is 131 Å². The normalized spacial score (nSPS) is 19.8. The van der Waals surface area contributed by atoms with E-state index in [1.54, 1.807) is 30.3 Å². The van der Waals surface area contributed by atoms with Crippen LogP contribution in [0.25, 0.3) is 11.2 Å². The maximum atomic E-state index is 13.4. The van der Waals surface area contributed by atoms with Crippen LogP contribution in [0.2, 0.25) is 0 Å². The number of aryl methyl sites for hydroxylation is 1. The van der Waals surface area contributed by atoms with Gasteiger partial charge in [-0.15, -0.1) is 0 Å². The molecule has 0 spiro atoms. The van der Waals surface area contributed by atoms with Crippen LogP contribution < -0.4 is 21.5 Å². The van der Waals surface area contributed by atoms with Crippen molar-refractivity contribution >= 4 is 28.9 Å². The lowest BCUT2D eigenvalue weighted by molar-refractivity contribution is -0.137. The largest absolute Gasteiger partial charge is 0.480 e. The number of hydrogen-bond acceptors (Lipinski definition) is 7. The molecule has 2 saturated heterocycles. The molecule has 2 atom stereocenters. The summed E-state index contributed by atoms with van der Waals surface area (Å²) in [6, 6.07) is 8.54. The second-order valence-electron chi connectivity index (χ2n) is 8.55. The van der Waals surface area contributed by atoms with Gasteiger partial charge in [0.1, 0.15) is 6.54 Å². The van der Waals surface area contributed by atoms with E-state index in [1.807, 2.05) is 4.90 Å². The van der Waals surface area contributed by atoms with E-state index in [9.17, 15) is 24.3 Å². The van der Waals surface area contributed by atoms with Gasteiger partial charge in [0, 0.05) is 38.3 Å². The monoisotopic (exact) mass is 452 g/mol. The molecule has 33 heavy (non-hydrogen) atoms. The average molecular weight is 452 g/mol. The zero-order chi connectivity index (χ0) is 23.3. The zero-order valence-electron chi connectivity index (χ0n) is 18.1. The summed E-state index contributed by atoms with van der Waals surface area (Å²) in [6.07, 6.45) is 0.933. The molecule has 0 saturated carbocycles. The minimum atomic E-state index is -1.13. The van der Waals surface area contributed by atoms with E-state index >= 15 is 0 Å². The number of hydrogen-bond donors (Lipinski definition) is 2. The highest BCUT2D eigenvalue weighted by Crippen LogP contribution is 2.32. The minimum absolute atomic E-state index is 0.00441. The fourth-order valence-electron chi connectivity index (χ4n) is 4.96. The van der Waals surface area contributed by atoms with E-state index in [0.29, 0.717) is 24.0 Å². The number of nitrogens with one attached hydrogen (secondary N) is 1. The lowest BCUT2D eigenvalue weighted by Crippen LogP contribution is -2.41. The third-order valence-corrected chi connectivity index (χ3v) is 6.61. The Labute approximate surface area is 187 Å². The van der Waals surface area contributed by atoms with Gasteiger partial charge in [-0.1, -0.05) is 30.3 Å². The maximum absolute atomic E-state index is 13.4. The third kappa shape index (κ3) is 3.44. The number of carbonyl (C=O) groups excluding carboxylic acids is 1. The molecule has 1 aromatic carbocycles. The van der Waals surface area contributed by atoms with Crippen LogP contribution in [-0.4, -0.2) is 61.2 Å². The molecule has 5 rings (SSSR count). The molecule has 2 N–H and O–H groups in total. The van der Waals surface area contributed by atoms with Gasteiger partial charge in [0.25, 0.3) is 5.56 Å². The van der Waals surface area contributed by atoms with E-state index in [-0.39, 0.29) is 17.2 Å². The number of carboxylic acid groups (broad SMARTS) is 1. The van der Waals surface area contributed by atoms with Crippen LogP contribution in [0.3, 0.4) is 0 Å². The summed E-state index contributed by atoms with van der Waals surface area (Å²) in [5.74, 6) is -0.732. The molecular weight excluding hydrogens is 428 g/mol. The van der Waals surface area contributed by atoms with Crippen molar-refractivity contribution < 1.29 is 14.7 Å². The highest BCUT2D eigenvalue weighted by molar-refractivity contribution is 5.96. The van der Waals surface area contributed by atoms with Crippen molar-refractivity contribution in [2.24, 2.45) is 13.0 Å². The van der Waals surface area contributed by atoms with Crippen LogP contribution in [0, 0.1) is 5.92 Å². The number of aliphatic carboxylic acids is 1. The Morgan fingerprint density at radius 1 is 1.12 bits per heavy atom. The number of ketones is 1. The average Bonchev–Trinajstić information content (AvgIpc) is 3.50. The van der Waals surface area contributed by atoms with E-state index in [1.165, 1.54) is 16.2 Å². The maximum Gasteiger partial charge on any atom is 0.332 e. The first-order valence-electron chi connectivity index (χ1n) is 10.8. The lowest BCUT2D eigenvalue weighted by Gasteiger charge is -2.24. The molecule has 0 radical (unpaired) electrons. The van der Waals surface area contributed by atoms with E-state index < -0.39 is 36.1 Å². The third-order valence-electron chi connectivity index (χ3n) is 6.61. The van der Waals surface area contributed by atoms with Crippen LogP contribution in [0.5, 0.6) is 0 Å². The summed E-state index contributed by atoms with van der Waals surface area (Å²) in [6.45, 7) is 1.39. The number of nitrogens with zero attached hydrogens (tertiary/aromatic N) is 5. The van der Waals surface area contributed by atoms with E-state index in [2.05, 4.69) is 10.3 Å². The number of imidazole rings is 1. The van der Waals surface area contributed by atoms with Crippen molar-refractivity contribution in [1.29, 1.82) is 0 Å². The van der Waals surface area contributed by atoms with Crippen molar-refractivity contribution in [3.63, 3.8) is 0 Å². The molecule has 2 fully saturated rings. The molecule has 172 valence electrons. The number of anilines is 1. The molecule has 2 aliphatic heterocycles. The second kappa shape index (κ2) is 8.00. The van der Waals surface area contributed by atoms with Gasteiger partial charge < -0.3 is 15.3 Å². The number of fused-ring (bicyclic) bond motifs is 2. The molecule has 4 heterocycles. The Morgan fingerprint density at radius 2 is 1.88 bits per heavy atom. The number of Topliss-reactive ketones (excluding diaryl/α,β-unsaturated/α-hetero) is 1. The Bertz CT molecular complexity index is 1370. The fraction of sp³-hybridized carbons (Fsp3) is 0.409. The summed E-state index contributed by atoms with van der Waals surface area (Å²) in [5, 5.41) is 12.9. The van der Waals surface area contributed by atoms with Gasteiger partial charge in [0.2, 0.25) is 5.95 Å². The molecule has 11 nitrogen and oxygen atoms in total. The van der Waals surface area contributed by atoms with Crippen LogP contribution >= 0.6 is 0 Å². The number of rotatable bonds is 6. The van der Waals surface area contributed by atoms with Crippen molar-refractivity contribution in [3.05, 3.63) is 56.7 Å². The van der Waals surface area contributed by atoms with Crippen LogP contribution in [-0.2, 0) is 24.9 Å². The van der Waals surface area contributed by atoms with Crippen molar-refractivity contribution in [2.45, 2.75) is 25.6 Å². The minimum Gasteiger partial charge on any atom is -0.480 e. The van der Waals surface area contributed by atoms with Gasteiger partial charge >= 0.3 is 11.7 Å². The van der Waals surface area contributed by atoms with Gasteiger partial charge in [-0.05, 0) is 12.3 Å². The second-order valence-corrected chi connectivity index (χ2v) is 8.55. The molecule has 2 aliphatic rings. The summed E-state index contributed by atoms with van der Waals surface area (Å²) in [5.41, 5.74) is -0.908. The smallest absolute Gasteiger partial charge is 0.332 e. The predicted octanol–water partition coefficient (Wildman–Crippen LogP) is -0.338. The molecule has 3 aromatic rings. The Morgan fingerprint density at radius 3 is 2.61 bits per heavy atom. The first-order chi connectivity index (χ1) is 15.9. The molecule has 0 aliphatic carbocycles. The Kier molecular flexibility index (Phi) is 5.12. The van der Waals surface area contributed by atoms with E-state index in [0.717, 1.165) is 24.1 Å². The van der Waals surface area contributed by atoms with Gasteiger partial charge in [-0.2, -0.15) is 4.98 Å². The molecule has 2 aromatic heterocycles. The van der Waals surface area contributed by atoms with Gasteiger partial charge in [-0.3, -0.25) is 28.1 Å². The molecule has 0 bridgehead atoms. The lowest BCUT2D eigenvalue weighted by atomic mass is 10.1. The van der Waals surface area contributed by atoms with Gasteiger partial charge in [-0.25, -0.2) is 4.79 Å². The molecular formula is C22H24N6O5. The zero-order valence-corrected chi connectivity index (χ0v) is 18.1. The summed E-state index contributed by atoms with van der Waals surface area (Å²) in [4.78, 5) is 57.5. The first kappa shape index (κ1) is 21.1. The highest BCUT2D eigenvalue weighted by atomic mass is 16.4. The summed E-state index contributed by atoms with van der Waals surface area (Å²) >= 11 is 0. The van der Waals surface area contributed by atoms with Crippen LogP contribution in [0.15, 0.2) is 39.9 Å². The first-order valence-corrected chi connectivity index (χ1v) is 10.8. The quantitative estimate of drug-likeness (QED) is 0.486. The summed E-state index contributed by atoms with van der Waals surface area (Å²) in [7, 11) is 1.47. The van der Waals surface area contributed by atoms with Gasteiger partial charge in [0.15, 0.2) is 16.9 Å². The standard InChI is InChI=1S/C22H24N6O5/c1-25-19-18(20(32)28(22(25)33)11-16(29)13-5-3-2-4-6-13)27(12-17(30)31)21(24-19)26-8-7-14-9-23-10-15(14)26/h2-6,14-15,23H,7-12H2,1H3,(H,30,31). The van der Waals surface area contributed by atoms with Crippen molar-refractivity contribution in [1.82, 2.24) is 24.0 Å². The molecule has 11 heteroatoms. The summed E-state index contributed by atoms with van der Waals surface area (Å²) < 4.78 is 3.42. The molecule has 2 unspecified atom stereocenters. The van der Waals surface area contributed by atoms with Gasteiger partial charge in [0.05, 0.1) is 6.54 Å². The predicted molar refractivity (Wildman–Crippen MR) is 120 cm³/mol.